The molecule has 1 fully saturated rings. The second-order valence-electron chi connectivity index (χ2n) is 6.46. The fourth-order valence-corrected chi connectivity index (χ4v) is 3.91. The number of benzene rings is 1. The van der Waals surface area contributed by atoms with Crippen LogP contribution in [0.25, 0.3) is 11.4 Å². The van der Waals surface area contributed by atoms with Crippen LogP contribution in [0.3, 0.4) is 0 Å². The maximum absolute atomic E-state index is 12.2. The summed E-state index contributed by atoms with van der Waals surface area (Å²) in [5.41, 5.74) is 1.03. The minimum Gasteiger partial charge on any atom is -0.352 e. The molecular formula is C18H24N4OS. The molecule has 128 valence electrons. The van der Waals surface area contributed by atoms with Crippen molar-refractivity contribution < 1.29 is 4.79 Å². The summed E-state index contributed by atoms with van der Waals surface area (Å²) in [4.78, 5) is 12.2. The van der Waals surface area contributed by atoms with Crippen LogP contribution in [0.15, 0.2) is 35.5 Å². The number of nitrogens with zero attached hydrogens (tertiary/aromatic N) is 3. The fourth-order valence-electron chi connectivity index (χ4n) is 3.19. The van der Waals surface area contributed by atoms with E-state index in [4.69, 9.17) is 0 Å². The van der Waals surface area contributed by atoms with Crippen LogP contribution in [0, 0.1) is 5.92 Å². The third-order valence-corrected chi connectivity index (χ3v) is 5.68. The summed E-state index contributed by atoms with van der Waals surface area (Å²) < 4.78 is 1.94. The van der Waals surface area contributed by atoms with E-state index in [1.807, 2.05) is 41.9 Å². The maximum Gasteiger partial charge on any atom is 0.230 e. The maximum atomic E-state index is 12.2. The lowest BCUT2D eigenvalue weighted by molar-refractivity contribution is -0.119. The third kappa shape index (κ3) is 3.98. The third-order valence-electron chi connectivity index (χ3n) is 4.66. The van der Waals surface area contributed by atoms with Crippen molar-refractivity contribution in [3.05, 3.63) is 30.3 Å². The predicted molar refractivity (Wildman–Crippen MR) is 96.7 cm³/mol. The van der Waals surface area contributed by atoms with Crippen LogP contribution >= 0.6 is 11.8 Å². The number of carbonyl (C=O) groups is 1. The van der Waals surface area contributed by atoms with Crippen molar-refractivity contribution in [2.75, 3.05) is 5.75 Å². The standard InChI is InChI=1S/C18H24N4OS/c1-13-8-6-7-11-15(13)19-16(23)12-24-18-21-20-17(22(18)2)14-9-4-3-5-10-14/h3-5,9-10,13,15H,6-8,11-12H2,1-2H3,(H,19,23)/t13-,15-/m1/s1. The van der Waals surface area contributed by atoms with E-state index in [0.29, 0.717) is 17.7 Å². The minimum absolute atomic E-state index is 0.0861. The molecule has 1 amide bonds. The molecule has 1 aliphatic carbocycles. The average Bonchev–Trinajstić information content (AvgIpc) is 2.97. The summed E-state index contributed by atoms with van der Waals surface area (Å²) in [6.07, 6.45) is 4.80. The Morgan fingerprint density at radius 2 is 2.00 bits per heavy atom. The highest BCUT2D eigenvalue weighted by Crippen LogP contribution is 2.25. The highest BCUT2D eigenvalue weighted by molar-refractivity contribution is 7.99. The first kappa shape index (κ1) is 17.0. The normalized spacial score (nSPS) is 20.8. The van der Waals surface area contributed by atoms with Gasteiger partial charge in [0.05, 0.1) is 5.75 Å². The Hall–Kier alpha value is -1.82. The van der Waals surface area contributed by atoms with Crippen molar-refractivity contribution >= 4 is 17.7 Å². The fraction of sp³-hybridized carbons (Fsp3) is 0.500. The molecule has 2 aromatic rings. The second kappa shape index (κ2) is 7.83. The second-order valence-corrected chi connectivity index (χ2v) is 7.40. The number of hydrogen-bond acceptors (Lipinski definition) is 4. The Balaban J connectivity index is 1.57. The van der Waals surface area contributed by atoms with Gasteiger partial charge >= 0.3 is 0 Å². The topological polar surface area (TPSA) is 59.8 Å². The number of hydrogen-bond donors (Lipinski definition) is 1. The van der Waals surface area contributed by atoms with Gasteiger partial charge in [-0.05, 0) is 18.8 Å². The van der Waals surface area contributed by atoms with Crippen molar-refractivity contribution in [1.29, 1.82) is 0 Å². The zero-order valence-corrected chi connectivity index (χ0v) is 15.1. The number of carbonyl (C=O) groups excluding carboxylic acids is 1. The van der Waals surface area contributed by atoms with Crippen LogP contribution in [0.5, 0.6) is 0 Å². The predicted octanol–water partition coefficient (Wildman–Crippen LogP) is 3.27. The molecule has 6 heteroatoms. The number of nitrogens with one attached hydrogen (secondary N) is 1. The molecule has 0 aliphatic heterocycles. The van der Waals surface area contributed by atoms with E-state index in [-0.39, 0.29) is 5.91 Å². The van der Waals surface area contributed by atoms with Crippen molar-refractivity contribution in [2.45, 2.75) is 43.8 Å². The van der Waals surface area contributed by atoms with Gasteiger partial charge in [0.25, 0.3) is 0 Å². The molecule has 0 bridgehead atoms. The quantitative estimate of drug-likeness (QED) is 0.846. The van der Waals surface area contributed by atoms with E-state index < -0.39 is 0 Å². The van der Waals surface area contributed by atoms with Crippen LogP contribution in [0.2, 0.25) is 0 Å². The molecule has 0 spiro atoms. The van der Waals surface area contributed by atoms with E-state index in [1.165, 1.54) is 31.0 Å². The molecular weight excluding hydrogens is 320 g/mol. The monoisotopic (exact) mass is 344 g/mol. The molecule has 3 rings (SSSR count). The molecule has 0 saturated heterocycles. The molecule has 1 aromatic carbocycles. The smallest absolute Gasteiger partial charge is 0.230 e. The first-order valence-corrected chi connectivity index (χ1v) is 9.50. The lowest BCUT2D eigenvalue weighted by atomic mass is 9.86. The minimum atomic E-state index is 0.0861. The molecule has 1 aliphatic rings. The lowest BCUT2D eigenvalue weighted by Crippen LogP contribution is -2.41. The summed E-state index contributed by atoms with van der Waals surface area (Å²) >= 11 is 1.44. The van der Waals surface area contributed by atoms with Gasteiger partial charge in [0, 0.05) is 18.7 Å². The average molecular weight is 344 g/mol. The highest BCUT2D eigenvalue weighted by Gasteiger charge is 2.23. The molecule has 0 radical (unpaired) electrons. The zero-order valence-electron chi connectivity index (χ0n) is 14.2. The first-order chi connectivity index (χ1) is 11.6. The summed E-state index contributed by atoms with van der Waals surface area (Å²) in [6.45, 7) is 2.23. The zero-order chi connectivity index (χ0) is 16.9. The van der Waals surface area contributed by atoms with Gasteiger partial charge in [0.1, 0.15) is 0 Å². The Kier molecular flexibility index (Phi) is 5.56. The summed E-state index contributed by atoms with van der Waals surface area (Å²) in [7, 11) is 1.94. The molecule has 2 atom stereocenters. The van der Waals surface area contributed by atoms with Gasteiger partial charge < -0.3 is 9.88 Å². The summed E-state index contributed by atoms with van der Waals surface area (Å²) in [5, 5.41) is 12.4. The van der Waals surface area contributed by atoms with Crippen molar-refractivity contribution in [3.63, 3.8) is 0 Å². The van der Waals surface area contributed by atoms with Crippen LogP contribution in [-0.4, -0.2) is 32.5 Å². The Morgan fingerprint density at radius 3 is 2.75 bits per heavy atom. The molecule has 1 heterocycles. The lowest BCUT2D eigenvalue weighted by Gasteiger charge is -2.29. The van der Waals surface area contributed by atoms with Crippen molar-refractivity contribution in [2.24, 2.45) is 13.0 Å². The van der Waals surface area contributed by atoms with Gasteiger partial charge in [-0.3, -0.25) is 4.79 Å². The van der Waals surface area contributed by atoms with Crippen LogP contribution < -0.4 is 5.32 Å². The Morgan fingerprint density at radius 1 is 1.25 bits per heavy atom. The molecule has 5 nitrogen and oxygen atoms in total. The Bertz CT molecular complexity index is 686. The van der Waals surface area contributed by atoms with Crippen molar-refractivity contribution in [3.8, 4) is 11.4 Å². The van der Waals surface area contributed by atoms with E-state index >= 15 is 0 Å². The molecule has 1 N–H and O–H groups in total. The van der Waals surface area contributed by atoms with Crippen LogP contribution in [0.4, 0.5) is 0 Å². The van der Waals surface area contributed by atoms with E-state index in [0.717, 1.165) is 23.0 Å². The SMILES string of the molecule is C[C@@H]1CCCC[C@H]1NC(=O)CSc1nnc(-c2ccccc2)n1C. The van der Waals surface area contributed by atoms with Gasteiger partial charge in [0.2, 0.25) is 5.91 Å². The van der Waals surface area contributed by atoms with Crippen LogP contribution in [-0.2, 0) is 11.8 Å². The highest BCUT2D eigenvalue weighted by atomic mass is 32.2. The van der Waals surface area contributed by atoms with E-state index in [2.05, 4.69) is 22.4 Å². The first-order valence-electron chi connectivity index (χ1n) is 8.52. The largest absolute Gasteiger partial charge is 0.352 e. The van der Waals surface area contributed by atoms with Crippen molar-refractivity contribution in [1.82, 2.24) is 20.1 Å². The van der Waals surface area contributed by atoms with Gasteiger partial charge in [0.15, 0.2) is 11.0 Å². The van der Waals surface area contributed by atoms with Gasteiger partial charge in [-0.15, -0.1) is 10.2 Å². The molecule has 0 unspecified atom stereocenters. The number of rotatable bonds is 5. The summed E-state index contributed by atoms with van der Waals surface area (Å²) in [6, 6.07) is 10.3. The Labute approximate surface area is 147 Å². The molecule has 24 heavy (non-hydrogen) atoms. The van der Waals surface area contributed by atoms with Gasteiger partial charge in [-0.25, -0.2) is 0 Å². The number of aromatic nitrogens is 3. The number of amides is 1. The van der Waals surface area contributed by atoms with Crippen LogP contribution in [0.1, 0.15) is 32.6 Å². The van der Waals surface area contributed by atoms with Gasteiger partial charge in [-0.2, -0.15) is 0 Å². The van der Waals surface area contributed by atoms with E-state index in [9.17, 15) is 4.79 Å². The number of thioether (sulfide) groups is 1. The van der Waals surface area contributed by atoms with Gasteiger partial charge in [-0.1, -0.05) is 61.9 Å². The van der Waals surface area contributed by atoms with E-state index in [1.54, 1.807) is 0 Å². The molecule has 1 saturated carbocycles. The summed E-state index contributed by atoms with van der Waals surface area (Å²) in [5.74, 6) is 1.86. The molecule has 1 aromatic heterocycles.